The number of benzene rings is 1. The number of rotatable bonds is 3. The molecule has 104 valence electrons. The van der Waals surface area contributed by atoms with E-state index in [2.05, 4.69) is 20.4 Å². The molecule has 0 saturated heterocycles. The minimum absolute atomic E-state index is 0.0868. The summed E-state index contributed by atoms with van der Waals surface area (Å²) in [7, 11) is 0. The summed E-state index contributed by atoms with van der Waals surface area (Å²) in [4.78, 5) is 0. The van der Waals surface area contributed by atoms with Crippen LogP contribution in [0.15, 0.2) is 25.0 Å². The van der Waals surface area contributed by atoms with Crippen LogP contribution in [0, 0.1) is 19.7 Å². The molecule has 0 heterocycles. The van der Waals surface area contributed by atoms with Crippen LogP contribution in [0.5, 0.6) is 0 Å². The van der Waals surface area contributed by atoms with Gasteiger partial charge in [0.15, 0.2) is 0 Å². The average Bonchev–Trinajstić information content (AvgIpc) is 2.37. The van der Waals surface area contributed by atoms with Crippen LogP contribution in [-0.4, -0.2) is 5.60 Å². The third-order valence-corrected chi connectivity index (χ3v) is 4.49. The van der Waals surface area contributed by atoms with Crippen molar-refractivity contribution < 1.29 is 9.13 Å². The van der Waals surface area contributed by atoms with Crippen molar-refractivity contribution in [3.63, 3.8) is 0 Å². The van der Waals surface area contributed by atoms with E-state index in [4.69, 9.17) is 4.74 Å². The van der Waals surface area contributed by atoms with Crippen LogP contribution >= 0.6 is 0 Å². The average molecular weight is 262 g/mol. The standard InChI is InChI=1S/C17H23FO/c1-5-19-17(4)10-8-14(9-11-17)16-12(2)6-7-15(18)13(16)3/h5-7,14H,1,8-11H2,2-4H3. The number of hydrogen-bond acceptors (Lipinski definition) is 1. The maximum Gasteiger partial charge on any atom is 0.126 e. The Labute approximate surface area is 115 Å². The zero-order valence-corrected chi connectivity index (χ0v) is 12.1. The molecule has 1 saturated carbocycles. The first-order valence-corrected chi connectivity index (χ1v) is 7.01. The summed E-state index contributed by atoms with van der Waals surface area (Å²) in [6, 6.07) is 3.47. The maximum atomic E-state index is 13.7. The Balaban J connectivity index is 2.18. The summed E-state index contributed by atoms with van der Waals surface area (Å²) in [6.45, 7) is 9.75. The van der Waals surface area contributed by atoms with E-state index < -0.39 is 0 Å². The van der Waals surface area contributed by atoms with Gasteiger partial charge in [0, 0.05) is 0 Å². The van der Waals surface area contributed by atoms with Crippen LogP contribution in [-0.2, 0) is 4.74 Å². The van der Waals surface area contributed by atoms with E-state index in [0.717, 1.165) is 31.2 Å². The summed E-state index contributed by atoms with van der Waals surface area (Å²) in [5, 5.41) is 0. The molecule has 19 heavy (non-hydrogen) atoms. The SMILES string of the molecule is C=COC1(C)CCC(c2c(C)ccc(F)c2C)CC1. The Hall–Kier alpha value is -1.31. The van der Waals surface area contributed by atoms with Gasteiger partial charge in [-0.25, -0.2) is 4.39 Å². The summed E-state index contributed by atoms with van der Waals surface area (Å²) < 4.78 is 19.4. The van der Waals surface area contributed by atoms with Gasteiger partial charge in [0.2, 0.25) is 0 Å². The Kier molecular flexibility index (Phi) is 3.98. The number of halogens is 1. The van der Waals surface area contributed by atoms with Crippen molar-refractivity contribution in [1.29, 1.82) is 0 Å². The molecule has 1 aromatic carbocycles. The molecule has 0 amide bonds. The van der Waals surface area contributed by atoms with Gasteiger partial charge < -0.3 is 4.74 Å². The molecular weight excluding hydrogens is 239 g/mol. The third-order valence-electron chi connectivity index (χ3n) is 4.49. The smallest absolute Gasteiger partial charge is 0.126 e. The maximum absolute atomic E-state index is 13.7. The molecule has 2 heteroatoms. The molecule has 0 aromatic heterocycles. The van der Waals surface area contributed by atoms with Gasteiger partial charge in [-0.05, 0) is 75.1 Å². The number of hydrogen-bond donors (Lipinski definition) is 0. The van der Waals surface area contributed by atoms with E-state index in [1.165, 1.54) is 11.1 Å². The van der Waals surface area contributed by atoms with Gasteiger partial charge in [-0.3, -0.25) is 0 Å². The normalized spacial score (nSPS) is 27.1. The van der Waals surface area contributed by atoms with Gasteiger partial charge in [0.1, 0.15) is 11.4 Å². The van der Waals surface area contributed by atoms with Crippen LogP contribution in [0.2, 0.25) is 0 Å². The van der Waals surface area contributed by atoms with E-state index in [0.29, 0.717) is 5.92 Å². The molecule has 2 rings (SSSR count). The van der Waals surface area contributed by atoms with Crippen molar-refractivity contribution in [1.82, 2.24) is 0 Å². The van der Waals surface area contributed by atoms with Gasteiger partial charge in [0.05, 0.1) is 6.26 Å². The van der Waals surface area contributed by atoms with Crippen LogP contribution in [0.25, 0.3) is 0 Å². The highest BCUT2D eigenvalue weighted by Gasteiger charge is 2.33. The molecule has 1 aromatic rings. The highest BCUT2D eigenvalue weighted by atomic mass is 19.1. The molecule has 0 aliphatic heterocycles. The van der Waals surface area contributed by atoms with Gasteiger partial charge in [-0.1, -0.05) is 12.6 Å². The first-order valence-electron chi connectivity index (χ1n) is 7.01. The second-order valence-electron chi connectivity index (χ2n) is 5.91. The summed E-state index contributed by atoms with van der Waals surface area (Å²) in [5.41, 5.74) is 3.14. The third kappa shape index (κ3) is 2.83. The van der Waals surface area contributed by atoms with E-state index >= 15 is 0 Å². The lowest BCUT2D eigenvalue weighted by molar-refractivity contribution is 0.00162. The minimum Gasteiger partial charge on any atom is -0.496 e. The molecule has 0 bridgehead atoms. The topological polar surface area (TPSA) is 9.23 Å². The fraction of sp³-hybridized carbons (Fsp3) is 0.529. The second kappa shape index (κ2) is 5.36. The van der Waals surface area contributed by atoms with Crippen LogP contribution in [0.1, 0.15) is 55.2 Å². The lowest BCUT2D eigenvalue weighted by atomic mass is 9.74. The first-order chi connectivity index (χ1) is 8.97. The fourth-order valence-electron chi connectivity index (χ4n) is 3.30. The second-order valence-corrected chi connectivity index (χ2v) is 5.91. The van der Waals surface area contributed by atoms with Crippen molar-refractivity contribution >= 4 is 0 Å². The zero-order valence-electron chi connectivity index (χ0n) is 12.1. The predicted molar refractivity (Wildman–Crippen MR) is 76.8 cm³/mol. The molecule has 0 N–H and O–H groups in total. The van der Waals surface area contributed by atoms with Crippen molar-refractivity contribution in [2.75, 3.05) is 0 Å². The zero-order chi connectivity index (χ0) is 14.0. The van der Waals surface area contributed by atoms with E-state index in [1.54, 1.807) is 12.3 Å². The quantitative estimate of drug-likeness (QED) is 0.695. The van der Waals surface area contributed by atoms with Crippen molar-refractivity contribution in [2.45, 2.75) is 58.0 Å². The highest BCUT2D eigenvalue weighted by molar-refractivity contribution is 5.38. The van der Waals surface area contributed by atoms with E-state index in [9.17, 15) is 4.39 Å². The summed E-state index contributed by atoms with van der Waals surface area (Å²) in [6.07, 6.45) is 5.64. The molecular formula is C17H23FO. The lowest BCUT2D eigenvalue weighted by Gasteiger charge is -2.37. The Morgan fingerprint density at radius 3 is 2.53 bits per heavy atom. The summed E-state index contributed by atoms with van der Waals surface area (Å²) >= 11 is 0. The monoisotopic (exact) mass is 262 g/mol. The number of ether oxygens (including phenoxy) is 1. The molecule has 0 atom stereocenters. The minimum atomic E-state index is -0.0899. The van der Waals surface area contributed by atoms with E-state index in [1.807, 2.05) is 13.0 Å². The van der Waals surface area contributed by atoms with E-state index in [-0.39, 0.29) is 11.4 Å². The predicted octanol–water partition coefficient (Wildman–Crippen LogP) is 5.02. The van der Waals surface area contributed by atoms with Crippen LogP contribution in [0.3, 0.4) is 0 Å². The van der Waals surface area contributed by atoms with Crippen LogP contribution in [0.4, 0.5) is 4.39 Å². The molecule has 0 spiro atoms. The molecule has 1 fully saturated rings. The largest absolute Gasteiger partial charge is 0.496 e. The van der Waals surface area contributed by atoms with Gasteiger partial charge in [0.25, 0.3) is 0 Å². The van der Waals surface area contributed by atoms with Gasteiger partial charge in [-0.15, -0.1) is 0 Å². The molecule has 1 nitrogen and oxygen atoms in total. The highest BCUT2D eigenvalue weighted by Crippen LogP contribution is 2.42. The lowest BCUT2D eigenvalue weighted by Crippen LogP contribution is -2.32. The van der Waals surface area contributed by atoms with Crippen LogP contribution < -0.4 is 0 Å². The molecule has 0 radical (unpaired) electrons. The molecule has 1 aliphatic rings. The van der Waals surface area contributed by atoms with Gasteiger partial charge in [-0.2, -0.15) is 0 Å². The first kappa shape index (κ1) is 14.1. The van der Waals surface area contributed by atoms with Gasteiger partial charge >= 0.3 is 0 Å². The molecule has 1 aliphatic carbocycles. The Morgan fingerprint density at radius 1 is 1.32 bits per heavy atom. The van der Waals surface area contributed by atoms with Crippen molar-refractivity contribution in [3.05, 3.63) is 47.5 Å². The Morgan fingerprint density at radius 2 is 1.95 bits per heavy atom. The Bertz CT molecular complexity index is 470. The fourth-order valence-corrected chi connectivity index (χ4v) is 3.30. The number of aryl methyl sites for hydroxylation is 1. The van der Waals surface area contributed by atoms with Crippen molar-refractivity contribution in [3.8, 4) is 0 Å². The summed E-state index contributed by atoms with van der Waals surface area (Å²) in [5.74, 6) is 0.369. The molecule has 0 unspecified atom stereocenters. The van der Waals surface area contributed by atoms with Crippen molar-refractivity contribution in [2.24, 2.45) is 0 Å².